The summed E-state index contributed by atoms with van der Waals surface area (Å²) in [6, 6.07) is 2.90. The van der Waals surface area contributed by atoms with E-state index in [1.165, 1.54) is 18.2 Å². The molecule has 0 spiro atoms. The summed E-state index contributed by atoms with van der Waals surface area (Å²) in [7, 11) is 1.05. The van der Waals surface area contributed by atoms with Crippen molar-refractivity contribution in [3.63, 3.8) is 0 Å². The molecular weight excluding hydrogens is 277 g/mol. The van der Waals surface area contributed by atoms with Crippen LogP contribution < -0.4 is 10.6 Å². The molecule has 0 saturated heterocycles. The predicted molar refractivity (Wildman–Crippen MR) is 63.9 cm³/mol. The lowest BCUT2D eigenvalue weighted by Crippen LogP contribution is -2.49. The number of benzene rings is 1. The minimum atomic E-state index is -5.08. The Bertz CT molecular complexity index is 572. The first-order chi connectivity index (χ1) is 9.25. The van der Waals surface area contributed by atoms with Crippen LogP contribution in [0.15, 0.2) is 18.2 Å². The van der Waals surface area contributed by atoms with Crippen molar-refractivity contribution >= 4 is 23.3 Å². The number of carbonyl (C=O) groups excluding carboxylic acids is 2. The van der Waals surface area contributed by atoms with E-state index in [9.17, 15) is 22.8 Å². The number of rotatable bonds is 1. The first-order valence-electron chi connectivity index (χ1n) is 5.62. The largest absolute Gasteiger partial charge is 0.471 e. The average molecular weight is 288 g/mol. The molecule has 20 heavy (non-hydrogen) atoms. The number of carbonyl (C=O) groups is 2. The molecule has 1 aromatic carbocycles. The molecular formula is C12H11F3N2O3. The number of halogens is 3. The molecule has 2 N–H and O–H groups in total. The number of esters is 1. The van der Waals surface area contributed by atoms with Crippen LogP contribution in [0.1, 0.15) is 5.56 Å². The van der Waals surface area contributed by atoms with Crippen LogP contribution in [0.25, 0.3) is 0 Å². The molecule has 1 amide bonds. The Hall–Kier alpha value is -2.25. The molecule has 0 aromatic heterocycles. The monoisotopic (exact) mass is 288 g/mol. The molecule has 0 fully saturated rings. The Balaban J connectivity index is 2.50. The minimum absolute atomic E-state index is 0.0114. The Kier molecular flexibility index (Phi) is 3.33. The summed E-state index contributed by atoms with van der Waals surface area (Å²) < 4.78 is 42.4. The van der Waals surface area contributed by atoms with Crippen LogP contribution >= 0.6 is 0 Å². The van der Waals surface area contributed by atoms with E-state index in [-0.39, 0.29) is 17.8 Å². The Morgan fingerprint density at radius 2 is 2.05 bits per heavy atom. The normalized spacial score (nSPS) is 17.8. The highest BCUT2D eigenvalue weighted by Crippen LogP contribution is 2.37. The summed E-state index contributed by atoms with van der Waals surface area (Å²) in [5.41, 5.74) is 6.15. The molecule has 5 nitrogen and oxygen atoms in total. The summed E-state index contributed by atoms with van der Waals surface area (Å²) in [5.74, 6) is -3.02. The number of anilines is 2. The molecule has 2 rings (SSSR count). The van der Waals surface area contributed by atoms with Crippen molar-refractivity contribution in [3.05, 3.63) is 23.8 Å². The molecule has 1 heterocycles. The quantitative estimate of drug-likeness (QED) is 0.624. The third kappa shape index (κ3) is 2.28. The van der Waals surface area contributed by atoms with Crippen LogP contribution in [-0.4, -0.2) is 31.2 Å². The molecule has 1 aromatic rings. The van der Waals surface area contributed by atoms with Gasteiger partial charge >= 0.3 is 18.1 Å². The zero-order chi connectivity index (χ0) is 15.1. The first kappa shape index (κ1) is 14.2. The van der Waals surface area contributed by atoms with Gasteiger partial charge in [0.2, 0.25) is 0 Å². The van der Waals surface area contributed by atoms with E-state index < -0.39 is 24.1 Å². The van der Waals surface area contributed by atoms with Crippen molar-refractivity contribution in [2.75, 3.05) is 17.7 Å². The Morgan fingerprint density at radius 3 is 2.60 bits per heavy atom. The third-order valence-electron chi connectivity index (χ3n) is 3.03. The summed E-state index contributed by atoms with van der Waals surface area (Å²) >= 11 is 0. The number of hydrogen-bond acceptors (Lipinski definition) is 4. The van der Waals surface area contributed by atoms with Crippen LogP contribution in [0.3, 0.4) is 0 Å². The van der Waals surface area contributed by atoms with E-state index in [4.69, 9.17) is 5.73 Å². The number of nitrogens with two attached hydrogens (primary N) is 1. The lowest BCUT2D eigenvalue weighted by atomic mass is 10.1. The van der Waals surface area contributed by atoms with E-state index >= 15 is 0 Å². The lowest BCUT2D eigenvalue weighted by Gasteiger charge is -2.24. The van der Waals surface area contributed by atoms with Gasteiger partial charge in [-0.25, -0.2) is 4.79 Å². The molecule has 8 heteroatoms. The maximum absolute atomic E-state index is 12.7. The first-order valence-corrected chi connectivity index (χ1v) is 5.62. The summed E-state index contributed by atoms with van der Waals surface area (Å²) in [6.07, 6.45) is -5.12. The highest BCUT2D eigenvalue weighted by Gasteiger charge is 2.50. The number of fused-ring (bicyclic) bond motifs is 1. The number of nitrogens with zero attached hydrogens (tertiary/aromatic N) is 1. The number of hydrogen-bond donors (Lipinski definition) is 1. The lowest BCUT2D eigenvalue weighted by molar-refractivity contribution is -0.171. The average Bonchev–Trinajstić information content (AvgIpc) is 2.74. The SMILES string of the molecule is COC(=O)C1Cc2ccc(N)cc2N1C(=O)C(F)(F)F. The summed E-state index contributed by atoms with van der Waals surface area (Å²) in [4.78, 5) is 23.5. The van der Waals surface area contributed by atoms with E-state index in [0.29, 0.717) is 10.5 Å². The highest BCUT2D eigenvalue weighted by molar-refractivity contribution is 6.05. The van der Waals surface area contributed by atoms with E-state index in [1.54, 1.807) is 0 Å². The second-order valence-corrected chi connectivity index (χ2v) is 4.30. The van der Waals surface area contributed by atoms with Gasteiger partial charge in [0.25, 0.3) is 0 Å². The molecule has 1 aliphatic rings. The van der Waals surface area contributed by atoms with E-state index in [0.717, 1.165) is 7.11 Å². The topological polar surface area (TPSA) is 72.6 Å². The summed E-state index contributed by atoms with van der Waals surface area (Å²) in [6.45, 7) is 0. The van der Waals surface area contributed by atoms with Crippen LogP contribution in [-0.2, 0) is 20.7 Å². The second-order valence-electron chi connectivity index (χ2n) is 4.30. The molecule has 1 unspecified atom stereocenters. The van der Waals surface area contributed by atoms with Crippen molar-refractivity contribution in [1.29, 1.82) is 0 Å². The van der Waals surface area contributed by atoms with Gasteiger partial charge in [-0.2, -0.15) is 13.2 Å². The zero-order valence-electron chi connectivity index (χ0n) is 10.4. The zero-order valence-corrected chi connectivity index (χ0v) is 10.4. The van der Waals surface area contributed by atoms with Crippen molar-refractivity contribution in [3.8, 4) is 0 Å². The van der Waals surface area contributed by atoms with Crippen LogP contribution in [0.4, 0.5) is 24.5 Å². The molecule has 1 atom stereocenters. The van der Waals surface area contributed by atoms with Gasteiger partial charge in [-0.1, -0.05) is 6.07 Å². The van der Waals surface area contributed by atoms with Gasteiger partial charge in [0.05, 0.1) is 12.8 Å². The van der Waals surface area contributed by atoms with E-state index in [1.807, 2.05) is 0 Å². The minimum Gasteiger partial charge on any atom is -0.467 e. The molecule has 0 bridgehead atoms. The van der Waals surface area contributed by atoms with Gasteiger partial charge in [-0.15, -0.1) is 0 Å². The molecule has 0 radical (unpaired) electrons. The Labute approximate surface area is 112 Å². The van der Waals surface area contributed by atoms with Gasteiger partial charge in [-0.3, -0.25) is 9.69 Å². The smallest absolute Gasteiger partial charge is 0.467 e. The highest BCUT2D eigenvalue weighted by atomic mass is 19.4. The summed E-state index contributed by atoms with van der Waals surface area (Å²) in [5, 5.41) is 0. The fourth-order valence-corrected chi connectivity index (χ4v) is 2.16. The van der Waals surface area contributed by atoms with Gasteiger partial charge in [0.1, 0.15) is 6.04 Å². The number of ether oxygens (including phenoxy) is 1. The predicted octanol–water partition coefficient (Wildman–Crippen LogP) is 1.26. The van der Waals surface area contributed by atoms with Crippen LogP contribution in [0.5, 0.6) is 0 Å². The third-order valence-corrected chi connectivity index (χ3v) is 3.03. The number of nitrogen functional groups attached to an aromatic ring is 1. The maximum Gasteiger partial charge on any atom is 0.471 e. The molecule has 1 aliphatic heterocycles. The van der Waals surface area contributed by atoms with Crippen molar-refractivity contribution in [1.82, 2.24) is 0 Å². The fourth-order valence-electron chi connectivity index (χ4n) is 2.16. The van der Waals surface area contributed by atoms with Crippen molar-refractivity contribution < 1.29 is 27.5 Å². The molecule has 108 valence electrons. The second kappa shape index (κ2) is 4.69. The van der Waals surface area contributed by atoms with Crippen molar-refractivity contribution in [2.24, 2.45) is 0 Å². The van der Waals surface area contributed by atoms with Gasteiger partial charge in [0.15, 0.2) is 0 Å². The number of methoxy groups -OCH3 is 1. The maximum atomic E-state index is 12.7. The van der Waals surface area contributed by atoms with Gasteiger partial charge in [0, 0.05) is 12.1 Å². The van der Waals surface area contributed by atoms with Gasteiger partial charge < -0.3 is 10.5 Å². The standard InChI is InChI=1S/C12H11F3N2O3/c1-20-10(18)9-4-6-2-3-7(16)5-8(6)17(9)11(19)12(13,14)15/h2-3,5,9H,4,16H2,1H3. The fraction of sp³-hybridized carbons (Fsp3) is 0.333. The molecule has 0 saturated carbocycles. The number of amides is 1. The van der Waals surface area contributed by atoms with Crippen LogP contribution in [0, 0.1) is 0 Å². The van der Waals surface area contributed by atoms with Crippen LogP contribution in [0.2, 0.25) is 0 Å². The van der Waals surface area contributed by atoms with Gasteiger partial charge in [-0.05, 0) is 17.7 Å². The Morgan fingerprint density at radius 1 is 1.40 bits per heavy atom. The van der Waals surface area contributed by atoms with Crippen molar-refractivity contribution in [2.45, 2.75) is 18.6 Å². The van der Waals surface area contributed by atoms with E-state index in [2.05, 4.69) is 4.74 Å². The number of alkyl halides is 3. The molecule has 0 aliphatic carbocycles.